The first-order chi connectivity index (χ1) is 10.8. The first-order valence-corrected chi connectivity index (χ1v) is 7.65. The summed E-state index contributed by atoms with van der Waals surface area (Å²) in [6, 6.07) is 15.9. The van der Waals surface area contributed by atoms with E-state index in [0.717, 1.165) is 35.3 Å². The summed E-state index contributed by atoms with van der Waals surface area (Å²) in [6.07, 6.45) is 2.04. The van der Waals surface area contributed by atoms with Crippen LogP contribution >= 0.6 is 0 Å². The minimum atomic E-state index is 0.679. The summed E-state index contributed by atoms with van der Waals surface area (Å²) in [4.78, 5) is 0. The zero-order chi connectivity index (χ0) is 15.6. The summed E-state index contributed by atoms with van der Waals surface area (Å²) in [7, 11) is 0. The predicted octanol–water partition coefficient (Wildman–Crippen LogP) is 4.64. The molecule has 0 saturated heterocycles. The minimum absolute atomic E-state index is 0.679. The maximum atomic E-state index is 5.42. The van der Waals surface area contributed by atoms with E-state index in [2.05, 4.69) is 30.6 Å². The van der Waals surface area contributed by atoms with E-state index in [9.17, 15) is 0 Å². The van der Waals surface area contributed by atoms with Gasteiger partial charge < -0.3 is 4.74 Å². The van der Waals surface area contributed by atoms with Crippen molar-refractivity contribution in [1.82, 2.24) is 0 Å². The average Bonchev–Trinajstić information content (AvgIpc) is 2.56. The number of hydrogen-bond acceptors (Lipinski definition) is 1. The van der Waals surface area contributed by atoms with E-state index in [-0.39, 0.29) is 0 Å². The summed E-state index contributed by atoms with van der Waals surface area (Å²) in [6.45, 7) is 4.79. The molecule has 0 unspecified atom stereocenters. The van der Waals surface area contributed by atoms with Gasteiger partial charge in [-0.3, -0.25) is 0 Å². The van der Waals surface area contributed by atoms with Gasteiger partial charge in [-0.2, -0.15) is 0 Å². The Hall–Kier alpha value is -2.64. The molecule has 2 rings (SSSR count). The lowest BCUT2D eigenvalue weighted by molar-refractivity contribution is 0.340. The number of unbranched alkanes of at least 4 members (excludes halogenated alkanes) is 1. The van der Waals surface area contributed by atoms with Crippen LogP contribution in [0.1, 0.15) is 43.4 Å². The molecule has 0 saturated carbocycles. The molecular weight excluding hydrogens is 268 g/mol. The molecule has 0 heterocycles. The Balaban J connectivity index is 2.03. The molecule has 1 nitrogen and oxygen atoms in total. The molecule has 0 aliphatic carbocycles. The highest BCUT2D eigenvalue weighted by atomic mass is 16.5. The molecule has 2 aromatic carbocycles. The first kappa shape index (κ1) is 15.7. The summed E-state index contributed by atoms with van der Waals surface area (Å²) < 4.78 is 5.42. The molecule has 0 aliphatic heterocycles. The van der Waals surface area contributed by atoms with Crippen LogP contribution < -0.4 is 4.74 Å². The van der Waals surface area contributed by atoms with Crippen LogP contribution in [0.3, 0.4) is 0 Å². The van der Waals surface area contributed by atoms with Crippen LogP contribution in [0.4, 0.5) is 0 Å². The van der Waals surface area contributed by atoms with Crippen molar-refractivity contribution in [1.29, 1.82) is 0 Å². The van der Waals surface area contributed by atoms with Gasteiger partial charge in [0.1, 0.15) is 5.75 Å². The van der Waals surface area contributed by atoms with Gasteiger partial charge in [0.05, 0.1) is 6.61 Å². The van der Waals surface area contributed by atoms with Gasteiger partial charge in [-0.25, -0.2) is 0 Å². The van der Waals surface area contributed by atoms with E-state index in [1.807, 2.05) is 55.5 Å². The summed E-state index contributed by atoms with van der Waals surface area (Å²) in [5, 5.41) is 0. The van der Waals surface area contributed by atoms with Gasteiger partial charge in [-0.15, -0.1) is 0 Å². The Morgan fingerprint density at radius 2 is 1.23 bits per heavy atom. The largest absolute Gasteiger partial charge is 0.494 e. The fourth-order valence-corrected chi connectivity index (χ4v) is 1.87. The molecule has 0 bridgehead atoms. The van der Waals surface area contributed by atoms with E-state index in [0.29, 0.717) is 6.61 Å². The Labute approximate surface area is 133 Å². The molecule has 0 atom stereocenters. The quantitative estimate of drug-likeness (QED) is 0.748. The van der Waals surface area contributed by atoms with Crippen LogP contribution in [0.25, 0.3) is 0 Å². The van der Waals surface area contributed by atoms with Gasteiger partial charge >= 0.3 is 0 Å². The number of hydrogen-bond donors (Lipinski definition) is 0. The third-order valence-electron chi connectivity index (χ3n) is 3.01. The van der Waals surface area contributed by atoms with Crippen LogP contribution in [-0.2, 0) is 0 Å². The van der Waals surface area contributed by atoms with Crippen molar-refractivity contribution in [3.05, 3.63) is 65.2 Å². The number of ether oxygens (including phenoxy) is 1. The number of rotatable bonds is 3. The van der Waals surface area contributed by atoms with Crippen molar-refractivity contribution >= 4 is 0 Å². The van der Waals surface area contributed by atoms with E-state index < -0.39 is 0 Å². The molecule has 0 fully saturated rings. The maximum absolute atomic E-state index is 5.42. The zero-order valence-corrected chi connectivity index (χ0v) is 13.1. The molecule has 110 valence electrons. The Morgan fingerprint density at radius 3 is 1.73 bits per heavy atom. The van der Waals surface area contributed by atoms with Crippen molar-refractivity contribution < 1.29 is 4.74 Å². The van der Waals surface area contributed by atoms with Crippen LogP contribution in [0.2, 0.25) is 0 Å². The molecule has 22 heavy (non-hydrogen) atoms. The number of benzene rings is 2. The standard InChI is InChI=1S/C21H20O/c1-3-5-6-7-18-8-10-19(11-9-18)12-13-20-14-16-21(17-15-20)22-4-2/h8-11,14-17H,3-5H2,1-2H3. The van der Waals surface area contributed by atoms with Gasteiger partial charge in [0.15, 0.2) is 0 Å². The van der Waals surface area contributed by atoms with Gasteiger partial charge in [-0.1, -0.05) is 30.6 Å². The van der Waals surface area contributed by atoms with Crippen LogP contribution in [0, 0.1) is 23.7 Å². The molecular formula is C21H20O. The highest BCUT2D eigenvalue weighted by molar-refractivity contribution is 5.46. The fraction of sp³-hybridized carbons (Fsp3) is 0.238. The summed E-state index contributed by atoms with van der Waals surface area (Å²) >= 11 is 0. The molecule has 0 radical (unpaired) electrons. The lowest BCUT2D eigenvalue weighted by Crippen LogP contribution is -1.90. The van der Waals surface area contributed by atoms with Crippen molar-refractivity contribution in [2.24, 2.45) is 0 Å². The van der Waals surface area contributed by atoms with Crippen molar-refractivity contribution in [3.63, 3.8) is 0 Å². The van der Waals surface area contributed by atoms with Gasteiger partial charge in [0.25, 0.3) is 0 Å². The Morgan fingerprint density at radius 1 is 0.727 bits per heavy atom. The van der Waals surface area contributed by atoms with E-state index in [1.165, 1.54) is 0 Å². The van der Waals surface area contributed by atoms with Crippen molar-refractivity contribution in [2.75, 3.05) is 6.61 Å². The first-order valence-electron chi connectivity index (χ1n) is 7.65. The maximum Gasteiger partial charge on any atom is 0.119 e. The Kier molecular flexibility index (Phi) is 6.16. The molecule has 0 aliphatic rings. The predicted molar refractivity (Wildman–Crippen MR) is 91.8 cm³/mol. The monoisotopic (exact) mass is 288 g/mol. The second kappa shape index (κ2) is 8.60. The Bertz CT molecular complexity index is 701. The zero-order valence-electron chi connectivity index (χ0n) is 13.1. The third-order valence-corrected chi connectivity index (χ3v) is 3.01. The third kappa shape index (κ3) is 5.04. The van der Waals surface area contributed by atoms with Gasteiger partial charge in [0, 0.05) is 23.1 Å². The lowest BCUT2D eigenvalue weighted by atomic mass is 10.1. The summed E-state index contributed by atoms with van der Waals surface area (Å²) in [5.41, 5.74) is 3.02. The normalized spacial score (nSPS) is 9.18. The lowest BCUT2D eigenvalue weighted by Gasteiger charge is -2.01. The highest BCUT2D eigenvalue weighted by Crippen LogP contribution is 2.11. The van der Waals surface area contributed by atoms with Crippen LogP contribution in [0.5, 0.6) is 5.75 Å². The molecule has 1 heteroatoms. The second-order valence-electron chi connectivity index (χ2n) is 4.84. The summed E-state index contributed by atoms with van der Waals surface area (Å²) in [5.74, 6) is 13.5. The van der Waals surface area contributed by atoms with Crippen molar-refractivity contribution in [3.8, 4) is 29.4 Å². The van der Waals surface area contributed by atoms with Crippen LogP contribution in [-0.4, -0.2) is 6.61 Å². The van der Waals surface area contributed by atoms with E-state index in [1.54, 1.807) is 0 Å². The minimum Gasteiger partial charge on any atom is -0.494 e. The SMILES string of the molecule is CCCC#Cc1ccc(C#Cc2ccc(OCC)cc2)cc1. The molecule has 0 N–H and O–H groups in total. The van der Waals surface area contributed by atoms with Gasteiger partial charge in [0.2, 0.25) is 0 Å². The van der Waals surface area contributed by atoms with E-state index in [4.69, 9.17) is 4.74 Å². The molecule has 0 spiro atoms. The van der Waals surface area contributed by atoms with Crippen molar-refractivity contribution in [2.45, 2.75) is 26.7 Å². The average molecular weight is 288 g/mol. The second-order valence-corrected chi connectivity index (χ2v) is 4.84. The topological polar surface area (TPSA) is 9.23 Å². The fourth-order valence-electron chi connectivity index (χ4n) is 1.87. The highest BCUT2D eigenvalue weighted by Gasteiger charge is 1.92. The smallest absolute Gasteiger partial charge is 0.119 e. The van der Waals surface area contributed by atoms with Gasteiger partial charge in [-0.05, 0) is 61.9 Å². The molecule has 0 amide bonds. The van der Waals surface area contributed by atoms with Crippen LogP contribution in [0.15, 0.2) is 48.5 Å². The molecule has 2 aromatic rings. The van der Waals surface area contributed by atoms with E-state index >= 15 is 0 Å². The molecule has 0 aromatic heterocycles.